The molecule has 0 bridgehead atoms. The molecule has 152 valence electrons. The molecular formula is C21H29N3O3S. The predicted octanol–water partition coefficient (Wildman–Crippen LogP) is 2.84. The van der Waals surface area contributed by atoms with Gasteiger partial charge in [0.25, 0.3) is 0 Å². The van der Waals surface area contributed by atoms with Gasteiger partial charge in [-0.3, -0.25) is 4.79 Å². The SMILES string of the molecule is CC1CCN(C(=O)[C@@H]2CCCN(S(=O)(=O)c3ccc4c(ccn4C)c3)C2)CC1. The van der Waals surface area contributed by atoms with Gasteiger partial charge < -0.3 is 9.47 Å². The summed E-state index contributed by atoms with van der Waals surface area (Å²) in [6.07, 6.45) is 5.51. The second-order valence-corrected chi connectivity index (χ2v) is 10.3. The highest BCUT2D eigenvalue weighted by Crippen LogP contribution is 2.28. The Morgan fingerprint density at radius 3 is 2.57 bits per heavy atom. The van der Waals surface area contributed by atoms with E-state index in [1.807, 2.05) is 34.8 Å². The molecule has 1 atom stereocenters. The highest BCUT2D eigenvalue weighted by Gasteiger charge is 2.35. The molecular weight excluding hydrogens is 374 g/mol. The van der Waals surface area contributed by atoms with Crippen LogP contribution >= 0.6 is 0 Å². The van der Waals surface area contributed by atoms with E-state index in [1.54, 1.807) is 12.1 Å². The lowest BCUT2D eigenvalue weighted by Crippen LogP contribution is -2.48. The minimum atomic E-state index is -3.60. The number of aromatic nitrogens is 1. The van der Waals surface area contributed by atoms with Gasteiger partial charge in [0.15, 0.2) is 0 Å². The van der Waals surface area contributed by atoms with Gasteiger partial charge in [-0.15, -0.1) is 0 Å². The van der Waals surface area contributed by atoms with Crippen LogP contribution in [0.4, 0.5) is 0 Å². The average Bonchev–Trinajstić information content (AvgIpc) is 3.08. The number of sulfonamides is 1. The van der Waals surface area contributed by atoms with Gasteiger partial charge in [0, 0.05) is 50.3 Å². The number of carbonyl (C=O) groups is 1. The molecule has 0 N–H and O–H groups in total. The molecule has 7 heteroatoms. The molecule has 0 spiro atoms. The molecule has 6 nitrogen and oxygen atoms in total. The number of nitrogens with zero attached hydrogens (tertiary/aromatic N) is 3. The topological polar surface area (TPSA) is 62.6 Å². The molecule has 2 saturated heterocycles. The highest BCUT2D eigenvalue weighted by atomic mass is 32.2. The van der Waals surface area contributed by atoms with Crippen LogP contribution in [0.2, 0.25) is 0 Å². The van der Waals surface area contributed by atoms with Crippen molar-refractivity contribution < 1.29 is 13.2 Å². The maximum atomic E-state index is 13.2. The van der Waals surface area contributed by atoms with E-state index in [9.17, 15) is 13.2 Å². The Morgan fingerprint density at radius 1 is 1.07 bits per heavy atom. The zero-order valence-corrected chi connectivity index (χ0v) is 17.5. The molecule has 1 amide bonds. The van der Waals surface area contributed by atoms with Gasteiger partial charge in [0.05, 0.1) is 10.8 Å². The summed E-state index contributed by atoms with van der Waals surface area (Å²) < 4.78 is 29.9. The molecule has 3 heterocycles. The Morgan fingerprint density at radius 2 is 1.82 bits per heavy atom. The number of fused-ring (bicyclic) bond motifs is 1. The first-order valence-electron chi connectivity index (χ1n) is 10.2. The lowest BCUT2D eigenvalue weighted by atomic mass is 9.94. The Kier molecular flexibility index (Phi) is 5.22. The molecule has 2 aromatic rings. The van der Waals surface area contributed by atoms with Gasteiger partial charge in [0.1, 0.15) is 0 Å². The molecule has 0 aliphatic carbocycles. The van der Waals surface area contributed by atoms with Crippen molar-refractivity contribution >= 4 is 26.8 Å². The predicted molar refractivity (Wildman–Crippen MR) is 109 cm³/mol. The fourth-order valence-electron chi connectivity index (χ4n) is 4.42. The Balaban J connectivity index is 1.51. The third kappa shape index (κ3) is 3.57. The number of carbonyl (C=O) groups excluding carboxylic acids is 1. The number of amides is 1. The molecule has 2 aliphatic rings. The molecule has 0 saturated carbocycles. The molecule has 0 unspecified atom stereocenters. The summed E-state index contributed by atoms with van der Waals surface area (Å²) in [5.74, 6) is 0.572. The van der Waals surface area contributed by atoms with Crippen LogP contribution in [0, 0.1) is 11.8 Å². The standard InChI is InChI=1S/C21H29N3O3S/c1-16-7-12-23(13-8-16)21(25)18-4-3-10-24(15-18)28(26,27)19-5-6-20-17(14-19)9-11-22(20)2/h5-6,9,11,14,16,18H,3-4,7-8,10,12-13,15H2,1-2H3/t18-/m1/s1. The number of hydrogen-bond acceptors (Lipinski definition) is 3. The largest absolute Gasteiger partial charge is 0.351 e. The van der Waals surface area contributed by atoms with Gasteiger partial charge in [-0.2, -0.15) is 4.31 Å². The van der Waals surface area contributed by atoms with E-state index in [2.05, 4.69) is 6.92 Å². The Hall–Kier alpha value is -1.86. The number of benzene rings is 1. The number of hydrogen-bond donors (Lipinski definition) is 0. The van der Waals surface area contributed by atoms with Crippen LogP contribution in [0.25, 0.3) is 10.9 Å². The lowest BCUT2D eigenvalue weighted by molar-refractivity contribution is -0.138. The normalized spacial score (nSPS) is 22.6. The fraction of sp³-hybridized carbons (Fsp3) is 0.571. The van der Waals surface area contributed by atoms with Crippen molar-refractivity contribution in [1.82, 2.24) is 13.8 Å². The second kappa shape index (κ2) is 7.52. The smallest absolute Gasteiger partial charge is 0.243 e. The van der Waals surface area contributed by atoms with Crippen LogP contribution < -0.4 is 0 Å². The third-order valence-electron chi connectivity index (χ3n) is 6.32. The minimum absolute atomic E-state index is 0.130. The van der Waals surface area contributed by atoms with Crippen molar-refractivity contribution in [3.05, 3.63) is 30.5 Å². The van der Waals surface area contributed by atoms with Crippen LogP contribution in [0.3, 0.4) is 0 Å². The molecule has 0 radical (unpaired) electrons. The summed E-state index contributed by atoms with van der Waals surface area (Å²) in [5.41, 5.74) is 1.00. The van der Waals surface area contributed by atoms with Crippen LogP contribution in [0.5, 0.6) is 0 Å². The van der Waals surface area contributed by atoms with Gasteiger partial charge in [-0.1, -0.05) is 6.92 Å². The summed E-state index contributed by atoms with van der Waals surface area (Å²) in [4.78, 5) is 15.2. The van der Waals surface area contributed by atoms with E-state index in [0.717, 1.165) is 49.7 Å². The Labute approximate surface area is 167 Å². The second-order valence-electron chi connectivity index (χ2n) is 8.36. The van der Waals surface area contributed by atoms with E-state index in [1.165, 1.54) is 4.31 Å². The van der Waals surface area contributed by atoms with E-state index in [0.29, 0.717) is 23.9 Å². The van der Waals surface area contributed by atoms with Gasteiger partial charge >= 0.3 is 0 Å². The van der Waals surface area contributed by atoms with Gasteiger partial charge in [0.2, 0.25) is 15.9 Å². The molecule has 2 fully saturated rings. The minimum Gasteiger partial charge on any atom is -0.351 e. The van der Waals surface area contributed by atoms with Crippen molar-refractivity contribution in [2.24, 2.45) is 18.9 Å². The Bertz CT molecular complexity index is 974. The van der Waals surface area contributed by atoms with E-state index in [4.69, 9.17) is 0 Å². The summed E-state index contributed by atoms with van der Waals surface area (Å²) >= 11 is 0. The summed E-state index contributed by atoms with van der Waals surface area (Å²) in [7, 11) is -1.65. The van der Waals surface area contributed by atoms with Crippen molar-refractivity contribution in [2.45, 2.75) is 37.5 Å². The zero-order chi connectivity index (χ0) is 19.9. The average molecular weight is 404 g/mol. The fourth-order valence-corrected chi connectivity index (χ4v) is 5.98. The first-order valence-corrected chi connectivity index (χ1v) is 11.6. The molecule has 1 aromatic carbocycles. The van der Waals surface area contributed by atoms with Crippen molar-refractivity contribution in [3.8, 4) is 0 Å². The van der Waals surface area contributed by atoms with Crippen molar-refractivity contribution in [1.29, 1.82) is 0 Å². The van der Waals surface area contributed by atoms with Gasteiger partial charge in [-0.05, 0) is 55.9 Å². The van der Waals surface area contributed by atoms with Gasteiger partial charge in [-0.25, -0.2) is 8.42 Å². The molecule has 1 aromatic heterocycles. The van der Waals surface area contributed by atoms with Crippen molar-refractivity contribution in [2.75, 3.05) is 26.2 Å². The monoisotopic (exact) mass is 403 g/mol. The number of likely N-dealkylation sites (tertiary alicyclic amines) is 1. The molecule has 2 aliphatic heterocycles. The van der Waals surface area contributed by atoms with Crippen molar-refractivity contribution in [3.63, 3.8) is 0 Å². The zero-order valence-electron chi connectivity index (χ0n) is 16.7. The number of rotatable bonds is 3. The molecule has 28 heavy (non-hydrogen) atoms. The van der Waals surface area contributed by atoms with Crippen LogP contribution in [0.15, 0.2) is 35.4 Å². The van der Waals surface area contributed by atoms with E-state index >= 15 is 0 Å². The highest BCUT2D eigenvalue weighted by molar-refractivity contribution is 7.89. The summed E-state index contributed by atoms with van der Waals surface area (Å²) in [6.45, 7) is 4.60. The van der Waals surface area contributed by atoms with Crippen LogP contribution in [0.1, 0.15) is 32.6 Å². The van der Waals surface area contributed by atoms with Crippen LogP contribution in [-0.4, -0.2) is 54.3 Å². The summed E-state index contributed by atoms with van der Waals surface area (Å²) in [5, 5.41) is 0.913. The maximum absolute atomic E-state index is 13.2. The first-order chi connectivity index (χ1) is 13.4. The number of aryl methyl sites for hydroxylation is 1. The maximum Gasteiger partial charge on any atom is 0.243 e. The quantitative estimate of drug-likeness (QED) is 0.792. The third-order valence-corrected chi connectivity index (χ3v) is 8.18. The lowest BCUT2D eigenvalue weighted by Gasteiger charge is -2.36. The first kappa shape index (κ1) is 19.5. The van der Waals surface area contributed by atoms with E-state index in [-0.39, 0.29) is 11.8 Å². The van der Waals surface area contributed by atoms with E-state index < -0.39 is 10.0 Å². The summed E-state index contributed by atoms with van der Waals surface area (Å²) in [6, 6.07) is 7.19. The molecule has 4 rings (SSSR count). The van der Waals surface area contributed by atoms with Crippen LogP contribution in [-0.2, 0) is 21.9 Å². The number of piperidine rings is 2.